The third-order valence-electron chi connectivity index (χ3n) is 6.41. The minimum atomic E-state index is -4.72. The van der Waals surface area contributed by atoms with Crippen molar-refractivity contribution < 1.29 is 22.3 Å². The van der Waals surface area contributed by atoms with E-state index < -0.39 is 6.36 Å². The summed E-state index contributed by atoms with van der Waals surface area (Å²) in [7, 11) is 0. The van der Waals surface area contributed by atoms with Crippen molar-refractivity contribution in [2.24, 2.45) is 0 Å². The van der Waals surface area contributed by atoms with Gasteiger partial charge in [0.1, 0.15) is 11.6 Å². The van der Waals surface area contributed by atoms with E-state index in [-0.39, 0.29) is 11.6 Å². The Labute approximate surface area is 214 Å². The Hall–Kier alpha value is -3.48. The molecule has 3 aromatic carbocycles. The average molecular weight is 511 g/mol. The Morgan fingerprint density at radius 1 is 0.757 bits per heavy atom. The van der Waals surface area contributed by atoms with Crippen LogP contribution in [0.25, 0.3) is 22.2 Å². The summed E-state index contributed by atoms with van der Waals surface area (Å²) in [5.41, 5.74) is 3.30. The number of benzene rings is 3. The van der Waals surface area contributed by atoms with Crippen LogP contribution < -0.4 is 4.74 Å². The smallest absolute Gasteiger partial charge is 0.406 e. The van der Waals surface area contributed by atoms with E-state index in [1.807, 2.05) is 30.6 Å². The Balaban J connectivity index is 1.39. The maximum atomic E-state index is 15.2. The van der Waals surface area contributed by atoms with Gasteiger partial charge in [0.05, 0.1) is 0 Å². The lowest BCUT2D eigenvalue weighted by molar-refractivity contribution is -0.274. The Morgan fingerprint density at radius 2 is 1.49 bits per heavy atom. The fraction of sp³-hybridized carbons (Fsp3) is 0.333. The largest absolute Gasteiger partial charge is 0.573 e. The maximum absolute atomic E-state index is 15.2. The van der Waals surface area contributed by atoms with Gasteiger partial charge in [0, 0.05) is 23.3 Å². The van der Waals surface area contributed by atoms with Gasteiger partial charge in [-0.15, -0.1) is 13.2 Å². The molecule has 0 N–H and O–H groups in total. The lowest BCUT2D eigenvalue weighted by Crippen LogP contribution is -2.17. The second-order valence-electron chi connectivity index (χ2n) is 9.25. The lowest BCUT2D eigenvalue weighted by Gasteiger charge is -2.10. The molecule has 0 radical (unpaired) electrons. The van der Waals surface area contributed by atoms with Gasteiger partial charge in [0.25, 0.3) is 0 Å². The van der Waals surface area contributed by atoms with E-state index in [0.29, 0.717) is 29.6 Å². The van der Waals surface area contributed by atoms with E-state index in [4.69, 9.17) is 0 Å². The first-order chi connectivity index (χ1) is 17.8. The molecule has 0 aliphatic carbocycles. The molecule has 4 rings (SSSR count). The van der Waals surface area contributed by atoms with Crippen LogP contribution in [-0.2, 0) is 19.3 Å². The quantitative estimate of drug-likeness (QED) is 0.150. The van der Waals surface area contributed by atoms with Crippen LogP contribution in [-0.4, -0.2) is 16.3 Å². The molecule has 3 nitrogen and oxygen atoms in total. The Morgan fingerprint density at radius 3 is 2.19 bits per heavy atom. The highest BCUT2D eigenvalue weighted by molar-refractivity contribution is 5.87. The summed E-state index contributed by atoms with van der Waals surface area (Å²) in [4.78, 5) is 9.05. The lowest BCUT2D eigenvalue weighted by atomic mass is 9.99. The van der Waals surface area contributed by atoms with Gasteiger partial charge < -0.3 is 4.74 Å². The van der Waals surface area contributed by atoms with Crippen molar-refractivity contribution in [1.29, 1.82) is 0 Å². The van der Waals surface area contributed by atoms with Crippen LogP contribution >= 0.6 is 0 Å². The van der Waals surface area contributed by atoms with E-state index in [9.17, 15) is 13.2 Å². The van der Waals surface area contributed by atoms with Crippen LogP contribution in [0.3, 0.4) is 0 Å². The van der Waals surface area contributed by atoms with Crippen molar-refractivity contribution in [2.45, 2.75) is 64.7 Å². The van der Waals surface area contributed by atoms with Crippen LogP contribution in [0.15, 0.2) is 67.0 Å². The Bertz CT molecular complexity index is 1300. The molecule has 0 fully saturated rings. The van der Waals surface area contributed by atoms with Crippen molar-refractivity contribution in [2.75, 3.05) is 0 Å². The molecule has 4 aromatic rings. The molecule has 0 aliphatic heterocycles. The first-order valence-electron chi connectivity index (χ1n) is 12.7. The minimum Gasteiger partial charge on any atom is -0.406 e. The third kappa shape index (κ3) is 7.51. The summed E-state index contributed by atoms with van der Waals surface area (Å²) in [6, 6.07) is 14.8. The number of ether oxygens (including phenoxy) is 1. The summed E-state index contributed by atoms with van der Waals surface area (Å²) in [6.45, 7) is 2.21. The van der Waals surface area contributed by atoms with Crippen LogP contribution in [0.2, 0.25) is 0 Å². The standard InChI is InChI=1S/C30H30F4N2O/c1-2-3-4-5-6-7-22-19-35-29(36-20-22)25-14-17-27-24(18-25)13-12-23(28(27)31)11-8-21-9-15-26(16-10-21)37-30(32,33)34/h9-10,12-20H,2-8,11H2,1H3. The van der Waals surface area contributed by atoms with Gasteiger partial charge in [-0.3, -0.25) is 0 Å². The number of fused-ring (bicyclic) bond motifs is 1. The summed E-state index contributed by atoms with van der Waals surface area (Å²) >= 11 is 0. The predicted octanol–water partition coefficient (Wildman–Crippen LogP) is 8.63. The number of halogens is 4. The monoisotopic (exact) mass is 510 g/mol. The number of hydrogen-bond acceptors (Lipinski definition) is 3. The highest BCUT2D eigenvalue weighted by Crippen LogP contribution is 2.27. The maximum Gasteiger partial charge on any atom is 0.573 e. The minimum absolute atomic E-state index is 0.273. The van der Waals surface area contributed by atoms with Crippen molar-refractivity contribution in [3.05, 3.63) is 89.5 Å². The molecule has 37 heavy (non-hydrogen) atoms. The van der Waals surface area contributed by atoms with Gasteiger partial charge >= 0.3 is 6.36 Å². The number of nitrogens with zero attached hydrogens (tertiary/aromatic N) is 2. The fourth-order valence-electron chi connectivity index (χ4n) is 4.37. The van der Waals surface area contributed by atoms with Crippen molar-refractivity contribution in [1.82, 2.24) is 9.97 Å². The molecular formula is C30H30F4N2O. The van der Waals surface area contributed by atoms with Crippen LogP contribution in [0.4, 0.5) is 17.6 Å². The van der Waals surface area contributed by atoms with E-state index >= 15 is 4.39 Å². The van der Waals surface area contributed by atoms with Crippen LogP contribution in [0.1, 0.15) is 55.7 Å². The van der Waals surface area contributed by atoms with E-state index in [1.165, 1.54) is 37.8 Å². The molecule has 0 saturated heterocycles. The zero-order chi connectivity index (χ0) is 26.3. The zero-order valence-electron chi connectivity index (χ0n) is 20.8. The van der Waals surface area contributed by atoms with Gasteiger partial charge in [0.2, 0.25) is 0 Å². The first-order valence-corrected chi connectivity index (χ1v) is 12.7. The fourth-order valence-corrected chi connectivity index (χ4v) is 4.37. The zero-order valence-corrected chi connectivity index (χ0v) is 20.8. The molecule has 0 spiro atoms. The predicted molar refractivity (Wildman–Crippen MR) is 138 cm³/mol. The van der Waals surface area contributed by atoms with E-state index in [1.54, 1.807) is 24.3 Å². The van der Waals surface area contributed by atoms with Crippen molar-refractivity contribution >= 4 is 10.8 Å². The number of unbranched alkanes of at least 4 members (excludes halogenated alkanes) is 4. The average Bonchev–Trinajstić information content (AvgIpc) is 2.88. The van der Waals surface area contributed by atoms with E-state index in [0.717, 1.165) is 34.9 Å². The van der Waals surface area contributed by atoms with Gasteiger partial charge in [-0.2, -0.15) is 0 Å². The van der Waals surface area contributed by atoms with Gasteiger partial charge in [-0.05, 0) is 66.0 Å². The van der Waals surface area contributed by atoms with Crippen LogP contribution in [0.5, 0.6) is 5.75 Å². The molecule has 1 heterocycles. The molecule has 1 aromatic heterocycles. The molecule has 194 valence electrons. The molecular weight excluding hydrogens is 480 g/mol. The summed E-state index contributed by atoms with van der Waals surface area (Å²) in [5.74, 6) is 0.0458. The van der Waals surface area contributed by atoms with Gasteiger partial charge in [0.15, 0.2) is 5.82 Å². The van der Waals surface area contributed by atoms with Crippen LogP contribution in [0, 0.1) is 5.82 Å². The van der Waals surface area contributed by atoms with Gasteiger partial charge in [-0.1, -0.05) is 69.0 Å². The summed E-state index contributed by atoms with van der Waals surface area (Å²) < 4.78 is 56.1. The normalized spacial score (nSPS) is 11.7. The number of aromatic nitrogens is 2. The number of aryl methyl sites for hydroxylation is 3. The first kappa shape index (κ1) is 26.6. The molecule has 7 heteroatoms. The highest BCUT2D eigenvalue weighted by Gasteiger charge is 2.30. The molecule has 0 unspecified atom stereocenters. The van der Waals surface area contributed by atoms with E-state index in [2.05, 4.69) is 21.6 Å². The Kier molecular flexibility index (Phi) is 8.74. The molecule has 0 amide bonds. The second kappa shape index (κ2) is 12.2. The summed E-state index contributed by atoms with van der Waals surface area (Å²) in [6.07, 6.45) is 7.04. The number of alkyl halides is 3. The van der Waals surface area contributed by atoms with Crippen molar-refractivity contribution in [3.8, 4) is 17.1 Å². The third-order valence-corrected chi connectivity index (χ3v) is 6.41. The second-order valence-corrected chi connectivity index (χ2v) is 9.25. The number of rotatable bonds is 11. The SMILES string of the molecule is CCCCCCCc1cnc(-c2ccc3c(F)c(CCc4ccc(OC(F)(F)F)cc4)ccc3c2)nc1. The highest BCUT2D eigenvalue weighted by atomic mass is 19.4. The number of hydrogen-bond donors (Lipinski definition) is 0. The molecule has 0 atom stereocenters. The molecule has 0 aliphatic rings. The molecule has 0 bridgehead atoms. The summed E-state index contributed by atoms with van der Waals surface area (Å²) in [5, 5.41) is 1.27. The van der Waals surface area contributed by atoms with Gasteiger partial charge in [-0.25, -0.2) is 14.4 Å². The topological polar surface area (TPSA) is 35.0 Å². The molecule has 0 saturated carbocycles. The van der Waals surface area contributed by atoms with Crippen molar-refractivity contribution in [3.63, 3.8) is 0 Å².